The lowest BCUT2D eigenvalue weighted by Gasteiger charge is -2.13. The monoisotopic (exact) mass is 459 g/mol. The first kappa shape index (κ1) is 21.3. The van der Waals surface area contributed by atoms with E-state index in [9.17, 15) is 14.4 Å². The average Bonchev–Trinajstić information content (AvgIpc) is 3.42. The number of carbonyl (C=O) groups is 1. The summed E-state index contributed by atoms with van der Waals surface area (Å²) in [6.07, 6.45) is 1.79. The molecule has 10 nitrogen and oxygen atoms in total. The molecule has 0 N–H and O–H groups in total. The van der Waals surface area contributed by atoms with Crippen LogP contribution in [0, 0.1) is 0 Å². The van der Waals surface area contributed by atoms with Crippen LogP contribution >= 0.6 is 0 Å². The van der Waals surface area contributed by atoms with E-state index in [1.54, 1.807) is 17.7 Å². The van der Waals surface area contributed by atoms with Gasteiger partial charge in [0.1, 0.15) is 12.3 Å². The minimum atomic E-state index is -0.698. The van der Waals surface area contributed by atoms with Crippen molar-refractivity contribution in [2.24, 2.45) is 7.05 Å². The maximum absolute atomic E-state index is 13.4. The number of fused-ring (bicyclic) bond motifs is 3. The SMILES string of the molecule is COC(=O)Cn1c(=O)c2c(nc3n(-c4ccccc4OC)c(-c4ccccc4)cn23)n(C)c1=O. The standard InChI is InChI=1S/C24H21N5O5/c1-26-21-20(22(31)28(24(26)32)14-19(30)34-3)27-13-17(15-9-5-4-6-10-15)29(23(27)25-21)16-11-7-8-12-18(16)33-2/h4-13H,14H2,1-3H3. The van der Waals surface area contributed by atoms with Gasteiger partial charge in [-0.05, 0) is 12.1 Å². The van der Waals surface area contributed by atoms with Gasteiger partial charge in [0.15, 0.2) is 11.2 Å². The first-order valence-corrected chi connectivity index (χ1v) is 10.4. The van der Waals surface area contributed by atoms with E-state index < -0.39 is 23.8 Å². The van der Waals surface area contributed by atoms with Crippen molar-refractivity contribution >= 4 is 22.9 Å². The highest BCUT2D eigenvalue weighted by Crippen LogP contribution is 2.32. The molecule has 34 heavy (non-hydrogen) atoms. The highest BCUT2D eigenvalue weighted by molar-refractivity contribution is 5.80. The van der Waals surface area contributed by atoms with Crippen molar-refractivity contribution in [2.45, 2.75) is 6.54 Å². The number of carbonyl (C=O) groups excluding carboxylic acids is 1. The fourth-order valence-electron chi connectivity index (χ4n) is 4.09. The molecular formula is C24H21N5O5. The lowest BCUT2D eigenvalue weighted by atomic mass is 10.1. The van der Waals surface area contributed by atoms with Crippen LogP contribution in [0.3, 0.4) is 0 Å². The van der Waals surface area contributed by atoms with Crippen molar-refractivity contribution in [2.75, 3.05) is 14.2 Å². The van der Waals surface area contributed by atoms with Gasteiger partial charge in [-0.25, -0.2) is 9.36 Å². The number of nitrogens with zero attached hydrogens (tertiary/aromatic N) is 5. The van der Waals surface area contributed by atoms with E-state index in [1.165, 1.54) is 18.7 Å². The molecule has 0 aliphatic rings. The van der Waals surface area contributed by atoms with E-state index in [2.05, 4.69) is 9.72 Å². The molecule has 5 rings (SSSR count). The summed E-state index contributed by atoms with van der Waals surface area (Å²) in [6.45, 7) is -0.496. The van der Waals surface area contributed by atoms with Gasteiger partial charge in [-0.15, -0.1) is 0 Å². The molecule has 0 spiro atoms. The highest BCUT2D eigenvalue weighted by Gasteiger charge is 2.24. The van der Waals surface area contributed by atoms with Crippen molar-refractivity contribution in [3.05, 3.63) is 81.6 Å². The quantitative estimate of drug-likeness (QED) is 0.373. The van der Waals surface area contributed by atoms with Crippen molar-refractivity contribution < 1.29 is 14.3 Å². The molecule has 0 unspecified atom stereocenters. The van der Waals surface area contributed by atoms with Crippen LogP contribution in [0.5, 0.6) is 5.75 Å². The van der Waals surface area contributed by atoms with Crippen LogP contribution in [0.15, 0.2) is 70.4 Å². The Morgan fingerprint density at radius 2 is 1.71 bits per heavy atom. The van der Waals surface area contributed by atoms with Gasteiger partial charge in [0.2, 0.25) is 5.78 Å². The molecule has 0 saturated heterocycles. The lowest BCUT2D eigenvalue weighted by molar-refractivity contribution is -0.141. The summed E-state index contributed by atoms with van der Waals surface area (Å²) < 4.78 is 15.9. The molecule has 0 amide bonds. The van der Waals surface area contributed by atoms with Crippen LogP contribution in [0.2, 0.25) is 0 Å². The van der Waals surface area contributed by atoms with Crippen molar-refractivity contribution in [3.8, 4) is 22.7 Å². The van der Waals surface area contributed by atoms with Gasteiger partial charge in [0.25, 0.3) is 5.56 Å². The fourth-order valence-corrected chi connectivity index (χ4v) is 4.09. The van der Waals surface area contributed by atoms with Crippen LogP contribution in [0.25, 0.3) is 33.9 Å². The van der Waals surface area contributed by atoms with Crippen molar-refractivity contribution in [1.82, 2.24) is 23.1 Å². The molecule has 3 aromatic heterocycles. The Kier molecular flexibility index (Phi) is 5.05. The molecule has 0 atom stereocenters. The number of methoxy groups -OCH3 is 2. The summed E-state index contributed by atoms with van der Waals surface area (Å²) in [5, 5.41) is 0. The van der Waals surface area contributed by atoms with Crippen LogP contribution in [0.4, 0.5) is 0 Å². The van der Waals surface area contributed by atoms with E-state index in [0.717, 1.165) is 15.8 Å². The number of rotatable bonds is 5. The van der Waals surface area contributed by atoms with Crippen molar-refractivity contribution in [3.63, 3.8) is 0 Å². The minimum absolute atomic E-state index is 0.173. The van der Waals surface area contributed by atoms with E-state index in [1.807, 2.05) is 59.2 Å². The minimum Gasteiger partial charge on any atom is -0.495 e. The molecule has 2 aromatic carbocycles. The van der Waals surface area contributed by atoms with Gasteiger partial charge in [0.05, 0.1) is 25.6 Å². The second-order valence-corrected chi connectivity index (χ2v) is 7.65. The number of imidazole rings is 2. The van der Waals surface area contributed by atoms with Crippen molar-refractivity contribution in [1.29, 1.82) is 0 Å². The zero-order valence-corrected chi connectivity index (χ0v) is 18.8. The van der Waals surface area contributed by atoms with Crippen LogP contribution < -0.4 is 16.0 Å². The molecular weight excluding hydrogens is 438 g/mol. The molecule has 0 aliphatic carbocycles. The third kappa shape index (κ3) is 3.11. The van der Waals surface area contributed by atoms with Gasteiger partial charge in [0, 0.05) is 18.8 Å². The second kappa shape index (κ2) is 8.07. The Balaban J connectivity index is 1.93. The maximum atomic E-state index is 13.4. The Morgan fingerprint density at radius 3 is 2.41 bits per heavy atom. The number of aryl methyl sites for hydroxylation is 1. The molecule has 10 heteroatoms. The Morgan fingerprint density at radius 1 is 1.00 bits per heavy atom. The summed E-state index contributed by atoms with van der Waals surface area (Å²) in [6, 6.07) is 17.1. The maximum Gasteiger partial charge on any atom is 0.333 e. The molecule has 3 heterocycles. The zero-order chi connectivity index (χ0) is 24.0. The molecule has 0 bridgehead atoms. The third-order valence-corrected chi connectivity index (χ3v) is 5.76. The van der Waals surface area contributed by atoms with Crippen LogP contribution in [0.1, 0.15) is 0 Å². The number of ether oxygens (including phenoxy) is 2. The summed E-state index contributed by atoms with van der Waals surface area (Å²) in [7, 11) is 4.29. The normalized spacial score (nSPS) is 11.3. The predicted molar refractivity (Wildman–Crippen MR) is 126 cm³/mol. The number of benzene rings is 2. The molecule has 0 aliphatic heterocycles. The number of esters is 1. The van der Waals surface area contributed by atoms with E-state index in [-0.39, 0.29) is 11.2 Å². The highest BCUT2D eigenvalue weighted by atomic mass is 16.5. The largest absolute Gasteiger partial charge is 0.495 e. The molecule has 172 valence electrons. The first-order valence-electron chi connectivity index (χ1n) is 10.4. The predicted octanol–water partition coefficient (Wildman–Crippen LogP) is 1.99. The Labute approximate surface area is 192 Å². The van der Waals surface area contributed by atoms with Crippen LogP contribution in [-0.4, -0.2) is 43.3 Å². The first-order chi connectivity index (χ1) is 16.5. The van der Waals surface area contributed by atoms with E-state index >= 15 is 0 Å². The molecule has 0 saturated carbocycles. The summed E-state index contributed by atoms with van der Waals surface area (Å²) in [4.78, 5) is 42.8. The zero-order valence-electron chi connectivity index (χ0n) is 18.8. The average molecular weight is 459 g/mol. The molecule has 5 aromatic rings. The molecule has 0 fully saturated rings. The van der Waals surface area contributed by atoms with Gasteiger partial charge in [-0.2, -0.15) is 4.98 Å². The Bertz CT molecular complexity index is 1670. The smallest absolute Gasteiger partial charge is 0.333 e. The van der Waals surface area contributed by atoms with Crippen LogP contribution in [-0.2, 0) is 23.1 Å². The van der Waals surface area contributed by atoms with Gasteiger partial charge < -0.3 is 9.47 Å². The number of hydrogen-bond acceptors (Lipinski definition) is 6. The third-order valence-electron chi connectivity index (χ3n) is 5.76. The summed E-state index contributed by atoms with van der Waals surface area (Å²) >= 11 is 0. The second-order valence-electron chi connectivity index (χ2n) is 7.65. The van der Waals surface area contributed by atoms with Gasteiger partial charge >= 0.3 is 11.7 Å². The van der Waals surface area contributed by atoms with Gasteiger partial charge in [-0.1, -0.05) is 42.5 Å². The lowest BCUT2D eigenvalue weighted by Crippen LogP contribution is -2.41. The van der Waals surface area contributed by atoms with E-state index in [0.29, 0.717) is 17.2 Å². The summed E-state index contributed by atoms with van der Waals surface area (Å²) in [5.41, 5.74) is 1.47. The fraction of sp³-hybridized carbons (Fsp3) is 0.167. The number of aromatic nitrogens is 5. The van der Waals surface area contributed by atoms with E-state index in [4.69, 9.17) is 4.74 Å². The topological polar surface area (TPSA) is 102 Å². The summed E-state index contributed by atoms with van der Waals surface area (Å²) in [5.74, 6) is 0.332. The Hall–Kier alpha value is -4.60. The molecule has 0 radical (unpaired) electrons. The van der Waals surface area contributed by atoms with Gasteiger partial charge in [-0.3, -0.25) is 23.1 Å². The number of hydrogen-bond donors (Lipinski definition) is 0. The number of para-hydroxylation sites is 2.